The van der Waals surface area contributed by atoms with E-state index in [0.717, 1.165) is 0 Å². The highest BCUT2D eigenvalue weighted by atomic mass is 16.7. The van der Waals surface area contributed by atoms with E-state index in [2.05, 4.69) is 0 Å². The molecule has 0 aliphatic heterocycles. The number of rotatable bonds is 8. The average Bonchev–Trinajstić information content (AvgIpc) is 2.16. The van der Waals surface area contributed by atoms with E-state index in [1.165, 1.54) is 13.2 Å². The van der Waals surface area contributed by atoms with Gasteiger partial charge in [-0.25, -0.2) is 0 Å². The van der Waals surface area contributed by atoms with Gasteiger partial charge in [-0.15, -0.1) is 0 Å². The monoisotopic (exact) mass is 202 g/mol. The second kappa shape index (κ2) is 8.87. The number of hydrogen-bond donors (Lipinski definition) is 1. The molecule has 14 heavy (non-hydrogen) atoms. The predicted octanol–water partition coefficient (Wildman–Crippen LogP) is 0.892. The third-order valence-corrected chi connectivity index (χ3v) is 1.67. The fourth-order valence-electron chi connectivity index (χ4n) is 0.965. The van der Waals surface area contributed by atoms with Gasteiger partial charge in [0.1, 0.15) is 13.1 Å². The first-order valence-corrected chi connectivity index (χ1v) is 4.61. The zero-order valence-corrected chi connectivity index (χ0v) is 8.68. The summed E-state index contributed by atoms with van der Waals surface area (Å²) < 4.78 is 10.0. The molecule has 0 amide bonds. The van der Waals surface area contributed by atoms with Crippen molar-refractivity contribution in [2.45, 2.75) is 32.0 Å². The van der Waals surface area contributed by atoms with E-state index in [-0.39, 0.29) is 19.0 Å². The van der Waals surface area contributed by atoms with Gasteiger partial charge in [-0.1, -0.05) is 6.08 Å². The minimum atomic E-state index is -0.353. The molecule has 4 nitrogen and oxygen atoms in total. The van der Waals surface area contributed by atoms with E-state index < -0.39 is 0 Å². The number of allylic oxidation sites excluding steroid dienone is 1. The van der Waals surface area contributed by atoms with Crippen molar-refractivity contribution in [1.82, 2.24) is 0 Å². The molecule has 0 bridgehead atoms. The standard InChI is InChI=1S/C10H18O4/c1-9(12)5-6-10(4-3-7-11)14-8-13-2/h3-4,7,9-10,12H,5-6,8H2,1-2H3/b4-3+/t9-,10+/m1/s1. The average molecular weight is 202 g/mol. The van der Waals surface area contributed by atoms with Crippen LogP contribution in [0.5, 0.6) is 0 Å². The van der Waals surface area contributed by atoms with E-state index in [1.807, 2.05) is 0 Å². The van der Waals surface area contributed by atoms with Crippen LogP contribution < -0.4 is 0 Å². The fourth-order valence-corrected chi connectivity index (χ4v) is 0.965. The van der Waals surface area contributed by atoms with Crippen LogP contribution in [0.1, 0.15) is 19.8 Å². The molecular weight excluding hydrogens is 184 g/mol. The number of aldehydes is 1. The number of aliphatic hydroxyl groups is 1. The van der Waals surface area contributed by atoms with Crippen molar-refractivity contribution in [3.05, 3.63) is 12.2 Å². The Labute approximate surface area is 84.5 Å². The molecule has 0 saturated carbocycles. The number of hydrogen-bond acceptors (Lipinski definition) is 4. The highest BCUT2D eigenvalue weighted by Crippen LogP contribution is 2.06. The van der Waals surface area contributed by atoms with Crippen molar-refractivity contribution in [2.75, 3.05) is 13.9 Å². The van der Waals surface area contributed by atoms with Crippen LogP contribution in [0.15, 0.2) is 12.2 Å². The van der Waals surface area contributed by atoms with Crippen LogP contribution in [0, 0.1) is 0 Å². The molecule has 82 valence electrons. The third-order valence-electron chi connectivity index (χ3n) is 1.67. The van der Waals surface area contributed by atoms with Gasteiger partial charge < -0.3 is 14.6 Å². The van der Waals surface area contributed by atoms with E-state index >= 15 is 0 Å². The smallest absolute Gasteiger partial charge is 0.147 e. The molecule has 0 aliphatic carbocycles. The maximum atomic E-state index is 10.1. The Hall–Kier alpha value is -0.710. The molecular formula is C10H18O4. The van der Waals surface area contributed by atoms with Crippen LogP contribution in [0.3, 0.4) is 0 Å². The van der Waals surface area contributed by atoms with Crippen molar-refractivity contribution < 1.29 is 19.4 Å². The minimum absolute atomic E-state index is 0.172. The normalized spacial score (nSPS) is 15.6. The van der Waals surface area contributed by atoms with Gasteiger partial charge in [0.05, 0.1) is 12.2 Å². The first kappa shape index (κ1) is 13.3. The Kier molecular flexibility index (Phi) is 8.42. The highest BCUT2D eigenvalue weighted by Gasteiger charge is 2.06. The largest absolute Gasteiger partial charge is 0.393 e. The summed E-state index contributed by atoms with van der Waals surface area (Å²) in [6, 6.07) is 0. The Morgan fingerprint density at radius 1 is 1.43 bits per heavy atom. The summed E-state index contributed by atoms with van der Waals surface area (Å²) >= 11 is 0. The van der Waals surface area contributed by atoms with Gasteiger partial charge in [0.15, 0.2) is 0 Å². The molecule has 0 aromatic heterocycles. The molecule has 1 N–H and O–H groups in total. The van der Waals surface area contributed by atoms with Gasteiger partial charge in [-0.05, 0) is 25.8 Å². The Morgan fingerprint density at radius 3 is 2.64 bits per heavy atom. The number of ether oxygens (including phenoxy) is 2. The molecule has 0 heterocycles. The molecule has 0 spiro atoms. The van der Waals surface area contributed by atoms with Gasteiger partial charge in [-0.3, -0.25) is 4.79 Å². The van der Waals surface area contributed by atoms with E-state index in [0.29, 0.717) is 19.1 Å². The lowest BCUT2D eigenvalue weighted by atomic mass is 10.1. The number of carbonyl (C=O) groups is 1. The molecule has 0 aliphatic rings. The molecule has 0 saturated heterocycles. The quantitative estimate of drug-likeness (QED) is 0.361. The van der Waals surface area contributed by atoms with Crippen LogP contribution in [0.4, 0.5) is 0 Å². The lowest BCUT2D eigenvalue weighted by Crippen LogP contribution is -2.14. The van der Waals surface area contributed by atoms with Crippen LogP contribution in [-0.2, 0) is 14.3 Å². The first-order valence-electron chi connectivity index (χ1n) is 4.61. The maximum Gasteiger partial charge on any atom is 0.147 e. The van der Waals surface area contributed by atoms with Gasteiger partial charge >= 0.3 is 0 Å². The molecule has 0 aromatic rings. The van der Waals surface area contributed by atoms with Crippen molar-refractivity contribution in [1.29, 1.82) is 0 Å². The summed E-state index contributed by atoms with van der Waals surface area (Å²) in [4.78, 5) is 10.1. The van der Waals surface area contributed by atoms with Gasteiger partial charge in [0.2, 0.25) is 0 Å². The zero-order chi connectivity index (χ0) is 10.8. The molecule has 0 unspecified atom stereocenters. The van der Waals surface area contributed by atoms with Crippen LogP contribution >= 0.6 is 0 Å². The van der Waals surface area contributed by atoms with Gasteiger partial charge in [0, 0.05) is 7.11 Å². The number of aliphatic hydroxyl groups excluding tert-OH is 1. The Bertz CT molecular complexity index is 166. The van der Waals surface area contributed by atoms with E-state index in [9.17, 15) is 4.79 Å². The van der Waals surface area contributed by atoms with Crippen LogP contribution in [-0.4, -0.2) is 37.5 Å². The SMILES string of the molecule is COCO[C@@H](/C=C/C=O)CC[C@@H](C)O. The minimum Gasteiger partial charge on any atom is -0.393 e. The van der Waals surface area contributed by atoms with Gasteiger partial charge in [-0.2, -0.15) is 0 Å². The second-order valence-corrected chi connectivity index (χ2v) is 3.06. The Balaban J connectivity index is 3.83. The summed E-state index contributed by atoms with van der Waals surface area (Å²) in [5.41, 5.74) is 0. The summed E-state index contributed by atoms with van der Waals surface area (Å²) in [5.74, 6) is 0. The molecule has 0 aromatic carbocycles. The zero-order valence-electron chi connectivity index (χ0n) is 8.68. The molecule has 0 radical (unpaired) electrons. The van der Waals surface area contributed by atoms with Gasteiger partial charge in [0.25, 0.3) is 0 Å². The van der Waals surface area contributed by atoms with Crippen molar-refractivity contribution in [3.63, 3.8) is 0 Å². The van der Waals surface area contributed by atoms with Crippen LogP contribution in [0.2, 0.25) is 0 Å². The van der Waals surface area contributed by atoms with Crippen LogP contribution in [0.25, 0.3) is 0 Å². The van der Waals surface area contributed by atoms with Crippen molar-refractivity contribution >= 4 is 6.29 Å². The summed E-state index contributed by atoms with van der Waals surface area (Å²) in [6.45, 7) is 1.91. The summed E-state index contributed by atoms with van der Waals surface area (Å²) in [6.07, 6.45) is 4.54. The van der Waals surface area contributed by atoms with E-state index in [1.54, 1.807) is 13.0 Å². The molecule has 2 atom stereocenters. The lowest BCUT2D eigenvalue weighted by Gasteiger charge is -2.13. The molecule has 4 heteroatoms. The Morgan fingerprint density at radius 2 is 2.14 bits per heavy atom. The summed E-state index contributed by atoms with van der Waals surface area (Å²) in [5, 5.41) is 9.07. The first-order chi connectivity index (χ1) is 6.70. The number of methoxy groups -OCH3 is 1. The topological polar surface area (TPSA) is 55.8 Å². The van der Waals surface area contributed by atoms with Crippen molar-refractivity contribution in [2.24, 2.45) is 0 Å². The maximum absolute atomic E-state index is 10.1. The summed E-state index contributed by atoms with van der Waals surface area (Å²) in [7, 11) is 1.54. The third kappa shape index (κ3) is 7.91. The molecule has 0 fully saturated rings. The highest BCUT2D eigenvalue weighted by molar-refractivity contribution is 5.64. The van der Waals surface area contributed by atoms with Crippen molar-refractivity contribution in [3.8, 4) is 0 Å². The predicted molar refractivity (Wildman–Crippen MR) is 52.9 cm³/mol. The lowest BCUT2D eigenvalue weighted by molar-refractivity contribution is -0.104. The number of carbonyl (C=O) groups excluding carboxylic acids is 1. The fraction of sp³-hybridized carbons (Fsp3) is 0.700. The second-order valence-electron chi connectivity index (χ2n) is 3.06. The van der Waals surface area contributed by atoms with E-state index in [4.69, 9.17) is 14.6 Å². The molecule has 0 rings (SSSR count).